The lowest BCUT2D eigenvalue weighted by atomic mass is 9.99. The highest BCUT2D eigenvalue weighted by atomic mass is 16.7. The molecule has 0 saturated heterocycles. The molecule has 1 rings (SSSR count). The molecule has 1 N–H and O–H groups in total. The molecule has 4 nitrogen and oxygen atoms in total. The van der Waals surface area contributed by atoms with Crippen molar-refractivity contribution in [2.75, 3.05) is 20.8 Å². The number of carbonyl (C=O) groups excluding carboxylic acids is 1. The van der Waals surface area contributed by atoms with Crippen LogP contribution in [0.3, 0.4) is 0 Å². The van der Waals surface area contributed by atoms with E-state index in [1.807, 2.05) is 31.2 Å². The van der Waals surface area contributed by atoms with Crippen molar-refractivity contribution in [3.05, 3.63) is 35.4 Å². The van der Waals surface area contributed by atoms with E-state index in [9.17, 15) is 4.79 Å². The standard InChI is InChI=1S/C16H25NO3/c1-11(2)13-6-8-14(9-7-13)16(18)12(3)17-10-15(19-4)20-5/h6-9,11-12,15,17H,10H2,1-5H3. The van der Waals surface area contributed by atoms with E-state index in [0.29, 0.717) is 12.5 Å². The first kappa shape index (κ1) is 16.8. The second-order valence-electron chi connectivity index (χ2n) is 5.17. The van der Waals surface area contributed by atoms with E-state index in [2.05, 4.69) is 19.2 Å². The average molecular weight is 279 g/mol. The number of benzene rings is 1. The minimum Gasteiger partial charge on any atom is -0.355 e. The second kappa shape index (κ2) is 8.15. The lowest BCUT2D eigenvalue weighted by Crippen LogP contribution is -2.40. The minimum atomic E-state index is -0.339. The lowest BCUT2D eigenvalue weighted by Gasteiger charge is -2.18. The first-order valence-electron chi connectivity index (χ1n) is 6.92. The van der Waals surface area contributed by atoms with Gasteiger partial charge in [0.15, 0.2) is 12.1 Å². The van der Waals surface area contributed by atoms with Crippen molar-refractivity contribution < 1.29 is 14.3 Å². The molecule has 0 amide bonds. The number of nitrogens with one attached hydrogen (secondary N) is 1. The molecular formula is C16H25NO3. The van der Waals surface area contributed by atoms with E-state index in [0.717, 1.165) is 5.56 Å². The van der Waals surface area contributed by atoms with Crippen molar-refractivity contribution in [3.63, 3.8) is 0 Å². The van der Waals surface area contributed by atoms with Crippen LogP contribution in [-0.4, -0.2) is 38.9 Å². The number of methoxy groups -OCH3 is 2. The molecular weight excluding hydrogens is 254 g/mol. The molecule has 112 valence electrons. The molecule has 1 unspecified atom stereocenters. The molecule has 0 aliphatic carbocycles. The minimum absolute atomic E-state index is 0.0752. The van der Waals surface area contributed by atoms with Crippen molar-refractivity contribution in [1.29, 1.82) is 0 Å². The monoisotopic (exact) mass is 279 g/mol. The van der Waals surface area contributed by atoms with Crippen molar-refractivity contribution in [3.8, 4) is 0 Å². The van der Waals surface area contributed by atoms with Crippen molar-refractivity contribution in [1.82, 2.24) is 5.32 Å². The summed E-state index contributed by atoms with van der Waals surface area (Å²) in [7, 11) is 3.15. The SMILES string of the molecule is COC(CNC(C)C(=O)c1ccc(C(C)C)cc1)OC. The van der Waals surface area contributed by atoms with Gasteiger partial charge in [-0.3, -0.25) is 4.79 Å². The summed E-state index contributed by atoms with van der Waals surface area (Å²) >= 11 is 0. The number of hydrogen-bond donors (Lipinski definition) is 1. The number of ether oxygens (including phenoxy) is 2. The Morgan fingerprint density at radius 1 is 1.10 bits per heavy atom. The largest absolute Gasteiger partial charge is 0.355 e. The average Bonchev–Trinajstić information content (AvgIpc) is 2.47. The van der Waals surface area contributed by atoms with E-state index >= 15 is 0 Å². The predicted molar refractivity (Wildman–Crippen MR) is 80.1 cm³/mol. The quantitative estimate of drug-likeness (QED) is 0.587. The molecule has 1 atom stereocenters. The van der Waals surface area contributed by atoms with Gasteiger partial charge >= 0.3 is 0 Å². The van der Waals surface area contributed by atoms with Crippen LogP contribution in [0.5, 0.6) is 0 Å². The smallest absolute Gasteiger partial charge is 0.179 e. The predicted octanol–water partition coefficient (Wildman–Crippen LogP) is 2.59. The van der Waals surface area contributed by atoms with Crippen LogP contribution in [0.4, 0.5) is 0 Å². The van der Waals surface area contributed by atoms with Gasteiger partial charge in [0.25, 0.3) is 0 Å². The van der Waals surface area contributed by atoms with Crippen molar-refractivity contribution in [2.24, 2.45) is 0 Å². The molecule has 0 heterocycles. The van der Waals surface area contributed by atoms with Gasteiger partial charge in [0.1, 0.15) is 0 Å². The Morgan fingerprint density at radius 3 is 2.10 bits per heavy atom. The Hall–Kier alpha value is -1.23. The maximum Gasteiger partial charge on any atom is 0.179 e. The van der Waals surface area contributed by atoms with Gasteiger partial charge in [0.2, 0.25) is 0 Å². The zero-order valence-electron chi connectivity index (χ0n) is 13.0. The van der Waals surface area contributed by atoms with E-state index in [1.54, 1.807) is 14.2 Å². The highest BCUT2D eigenvalue weighted by Crippen LogP contribution is 2.15. The highest BCUT2D eigenvalue weighted by molar-refractivity contribution is 5.99. The van der Waals surface area contributed by atoms with Crippen LogP contribution in [0.25, 0.3) is 0 Å². The molecule has 0 aromatic heterocycles. The fourth-order valence-corrected chi connectivity index (χ4v) is 1.91. The molecule has 1 aromatic rings. The molecule has 0 radical (unpaired) electrons. The third kappa shape index (κ3) is 4.71. The third-order valence-corrected chi connectivity index (χ3v) is 3.37. The third-order valence-electron chi connectivity index (χ3n) is 3.37. The molecule has 0 bridgehead atoms. The summed E-state index contributed by atoms with van der Waals surface area (Å²) in [6, 6.07) is 7.53. The van der Waals surface area contributed by atoms with Gasteiger partial charge in [0.05, 0.1) is 6.04 Å². The van der Waals surface area contributed by atoms with Gasteiger partial charge in [-0.15, -0.1) is 0 Å². The van der Waals surface area contributed by atoms with Gasteiger partial charge in [-0.1, -0.05) is 38.1 Å². The summed E-state index contributed by atoms with van der Waals surface area (Å²) in [6.07, 6.45) is -0.339. The highest BCUT2D eigenvalue weighted by Gasteiger charge is 2.16. The zero-order chi connectivity index (χ0) is 15.1. The van der Waals surface area contributed by atoms with E-state index in [4.69, 9.17) is 9.47 Å². The van der Waals surface area contributed by atoms with Crippen LogP contribution in [0.2, 0.25) is 0 Å². The van der Waals surface area contributed by atoms with Crippen molar-refractivity contribution in [2.45, 2.75) is 39.0 Å². The van der Waals surface area contributed by atoms with Crippen molar-refractivity contribution >= 4 is 5.78 Å². The first-order valence-corrected chi connectivity index (χ1v) is 6.92. The molecule has 0 aliphatic rings. The molecule has 20 heavy (non-hydrogen) atoms. The van der Waals surface area contributed by atoms with Gasteiger partial charge < -0.3 is 14.8 Å². The summed E-state index contributed by atoms with van der Waals surface area (Å²) in [5, 5.41) is 3.12. The van der Waals surface area contributed by atoms with Crippen LogP contribution >= 0.6 is 0 Å². The van der Waals surface area contributed by atoms with Crippen LogP contribution < -0.4 is 5.32 Å². The fraction of sp³-hybridized carbons (Fsp3) is 0.562. The summed E-state index contributed by atoms with van der Waals surface area (Å²) in [5.41, 5.74) is 1.96. The van der Waals surface area contributed by atoms with E-state index in [-0.39, 0.29) is 18.1 Å². The van der Waals surface area contributed by atoms with Gasteiger partial charge in [-0.05, 0) is 18.4 Å². The summed E-state index contributed by atoms with van der Waals surface area (Å²) in [6.45, 7) is 6.60. The molecule has 0 fully saturated rings. The fourth-order valence-electron chi connectivity index (χ4n) is 1.91. The summed E-state index contributed by atoms with van der Waals surface area (Å²) in [4.78, 5) is 12.3. The number of Topliss-reactive ketones (excluding diaryl/α,β-unsaturated/α-hetero) is 1. The van der Waals surface area contributed by atoms with Crippen LogP contribution in [0, 0.1) is 0 Å². The van der Waals surface area contributed by atoms with Gasteiger partial charge in [-0.2, -0.15) is 0 Å². The van der Waals surface area contributed by atoms with Crippen LogP contribution in [0.15, 0.2) is 24.3 Å². The van der Waals surface area contributed by atoms with E-state index < -0.39 is 0 Å². The Labute approximate surface area is 121 Å². The number of carbonyl (C=O) groups is 1. The Morgan fingerprint density at radius 2 is 1.65 bits per heavy atom. The van der Waals surface area contributed by atoms with Gasteiger partial charge in [-0.25, -0.2) is 0 Å². The number of hydrogen-bond acceptors (Lipinski definition) is 4. The Bertz CT molecular complexity index is 410. The van der Waals surface area contributed by atoms with Gasteiger partial charge in [0, 0.05) is 26.3 Å². The molecule has 4 heteroatoms. The molecule has 0 spiro atoms. The Balaban J connectivity index is 2.60. The molecule has 1 aromatic carbocycles. The first-order chi connectivity index (χ1) is 9.49. The number of rotatable bonds is 8. The lowest BCUT2D eigenvalue weighted by molar-refractivity contribution is -0.0992. The summed E-state index contributed by atoms with van der Waals surface area (Å²) in [5.74, 6) is 0.546. The van der Waals surface area contributed by atoms with Crippen LogP contribution in [-0.2, 0) is 9.47 Å². The van der Waals surface area contributed by atoms with Crippen LogP contribution in [0.1, 0.15) is 42.6 Å². The topological polar surface area (TPSA) is 47.6 Å². The molecule has 0 saturated carbocycles. The van der Waals surface area contributed by atoms with E-state index in [1.165, 1.54) is 5.56 Å². The summed E-state index contributed by atoms with van der Waals surface area (Å²) < 4.78 is 10.2. The second-order valence-corrected chi connectivity index (χ2v) is 5.17. The normalized spacial score (nSPS) is 12.9. The zero-order valence-corrected chi connectivity index (χ0v) is 13.0. The Kier molecular flexibility index (Phi) is 6.85. The maximum absolute atomic E-state index is 12.3. The maximum atomic E-state index is 12.3. The number of ketones is 1. The molecule has 0 aliphatic heterocycles.